The van der Waals surface area contributed by atoms with Gasteiger partial charge >= 0.3 is 6.03 Å². The number of sulfonamides is 1. The first-order valence-electron chi connectivity index (χ1n) is 10.5. The zero-order valence-electron chi connectivity index (χ0n) is 16.8. The van der Waals surface area contributed by atoms with E-state index < -0.39 is 21.2 Å². The fourth-order valence-electron chi connectivity index (χ4n) is 4.96. The van der Waals surface area contributed by atoms with Crippen molar-refractivity contribution in [3.63, 3.8) is 0 Å². The SMILES string of the molecule is CN1C(=O)C2CC(S(=O)(=O)NC3(C)CC3)CCC2N(CC2CCCCN2)C1=O. The third-order valence-corrected chi connectivity index (χ3v) is 9.09. The highest BCUT2D eigenvalue weighted by molar-refractivity contribution is 7.90. The van der Waals surface area contributed by atoms with Gasteiger partial charge in [-0.3, -0.25) is 9.69 Å². The summed E-state index contributed by atoms with van der Waals surface area (Å²) in [4.78, 5) is 28.7. The zero-order chi connectivity index (χ0) is 20.1. The van der Waals surface area contributed by atoms with Crippen LogP contribution >= 0.6 is 0 Å². The molecule has 3 amide bonds. The van der Waals surface area contributed by atoms with Crippen LogP contribution in [0.3, 0.4) is 0 Å². The Morgan fingerprint density at radius 3 is 2.57 bits per heavy atom. The van der Waals surface area contributed by atoms with Crippen molar-refractivity contribution in [2.24, 2.45) is 5.92 Å². The molecule has 28 heavy (non-hydrogen) atoms. The highest BCUT2D eigenvalue weighted by Gasteiger charge is 2.51. The lowest BCUT2D eigenvalue weighted by Crippen LogP contribution is -2.65. The molecule has 2 aliphatic heterocycles. The molecule has 8 nitrogen and oxygen atoms in total. The molecule has 2 saturated heterocycles. The number of amides is 3. The van der Waals surface area contributed by atoms with Crippen LogP contribution < -0.4 is 10.0 Å². The Hall–Kier alpha value is -1.19. The zero-order valence-corrected chi connectivity index (χ0v) is 17.6. The van der Waals surface area contributed by atoms with Crippen LogP contribution in [-0.4, -0.2) is 73.2 Å². The van der Waals surface area contributed by atoms with Gasteiger partial charge in [-0.2, -0.15) is 0 Å². The van der Waals surface area contributed by atoms with Crippen molar-refractivity contribution >= 4 is 22.0 Å². The van der Waals surface area contributed by atoms with Crippen molar-refractivity contribution in [2.75, 3.05) is 20.1 Å². The highest BCUT2D eigenvalue weighted by Crippen LogP contribution is 2.40. The van der Waals surface area contributed by atoms with Crippen LogP contribution in [0.2, 0.25) is 0 Å². The molecular weight excluding hydrogens is 380 g/mol. The Bertz CT molecular complexity index is 745. The van der Waals surface area contributed by atoms with Gasteiger partial charge < -0.3 is 10.2 Å². The average Bonchev–Trinajstić information content (AvgIpc) is 3.39. The van der Waals surface area contributed by atoms with Crippen molar-refractivity contribution < 1.29 is 18.0 Å². The van der Waals surface area contributed by atoms with Crippen molar-refractivity contribution in [2.45, 2.75) is 81.2 Å². The van der Waals surface area contributed by atoms with Gasteiger partial charge in [-0.25, -0.2) is 17.9 Å². The summed E-state index contributed by atoms with van der Waals surface area (Å²) in [6, 6.07) is -0.190. The molecular formula is C19H32N4O4S. The van der Waals surface area contributed by atoms with E-state index in [2.05, 4.69) is 10.0 Å². The molecule has 4 rings (SSSR count). The predicted molar refractivity (Wildman–Crippen MR) is 105 cm³/mol. The average molecular weight is 413 g/mol. The Morgan fingerprint density at radius 1 is 1.18 bits per heavy atom. The van der Waals surface area contributed by atoms with Gasteiger partial charge in [-0.05, 0) is 58.4 Å². The van der Waals surface area contributed by atoms with E-state index in [0.29, 0.717) is 25.8 Å². The van der Waals surface area contributed by atoms with Gasteiger partial charge in [0.2, 0.25) is 15.9 Å². The van der Waals surface area contributed by atoms with E-state index in [-0.39, 0.29) is 29.6 Å². The number of piperidine rings is 1. The van der Waals surface area contributed by atoms with Crippen molar-refractivity contribution in [1.29, 1.82) is 0 Å². The van der Waals surface area contributed by atoms with Gasteiger partial charge in [0, 0.05) is 31.2 Å². The van der Waals surface area contributed by atoms with Gasteiger partial charge in [0.05, 0.1) is 11.2 Å². The van der Waals surface area contributed by atoms with Gasteiger partial charge in [0.1, 0.15) is 0 Å². The first kappa shape index (κ1) is 20.1. The van der Waals surface area contributed by atoms with Crippen LogP contribution in [0.25, 0.3) is 0 Å². The minimum Gasteiger partial charge on any atom is -0.319 e. The topological polar surface area (TPSA) is 98.8 Å². The predicted octanol–water partition coefficient (Wildman–Crippen LogP) is 1.03. The van der Waals surface area contributed by atoms with Crippen LogP contribution in [0.5, 0.6) is 0 Å². The molecule has 2 N–H and O–H groups in total. The highest BCUT2D eigenvalue weighted by atomic mass is 32.2. The quantitative estimate of drug-likeness (QED) is 0.703. The lowest BCUT2D eigenvalue weighted by molar-refractivity contribution is -0.139. The number of urea groups is 1. The molecule has 0 aromatic rings. The van der Waals surface area contributed by atoms with Gasteiger partial charge in [-0.15, -0.1) is 0 Å². The van der Waals surface area contributed by atoms with Crippen molar-refractivity contribution in [1.82, 2.24) is 19.8 Å². The minimum absolute atomic E-state index is 0.192. The molecule has 4 aliphatic rings. The number of carbonyl (C=O) groups excluding carboxylic acids is 2. The molecule has 9 heteroatoms. The first-order chi connectivity index (χ1) is 13.2. The standard InChI is InChI=1S/C19H32N4O4S/c1-19(8-9-19)21-28(26,27)14-6-7-16-15(11-14)17(24)22(2)18(25)23(16)12-13-5-3-4-10-20-13/h13-16,20-21H,3-12H2,1-2H3. The normalized spacial score (nSPS) is 35.6. The second-order valence-electron chi connectivity index (χ2n) is 9.30. The molecule has 4 fully saturated rings. The Kier molecular flexibility index (Phi) is 5.20. The Balaban J connectivity index is 1.50. The van der Waals surface area contributed by atoms with E-state index in [1.807, 2.05) is 11.8 Å². The number of nitrogens with zero attached hydrogens (tertiary/aromatic N) is 2. The van der Waals surface area contributed by atoms with Crippen LogP contribution in [0.4, 0.5) is 4.79 Å². The maximum Gasteiger partial charge on any atom is 0.326 e. The molecule has 4 atom stereocenters. The smallest absolute Gasteiger partial charge is 0.319 e. The van der Waals surface area contributed by atoms with E-state index in [1.165, 1.54) is 11.9 Å². The summed E-state index contributed by atoms with van der Waals surface area (Å²) in [5, 5.41) is 2.91. The number of nitrogens with one attached hydrogen (secondary N) is 2. The Labute approximate surface area is 167 Å². The number of fused-ring (bicyclic) bond motifs is 1. The molecule has 2 heterocycles. The number of carbonyl (C=O) groups is 2. The molecule has 2 aliphatic carbocycles. The van der Waals surface area contributed by atoms with E-state index in [1.54, 1.807) is 0 Å². The monoisotopic (exact) mass is 412 g/mol. The van der Waals surface area contributed by atoms with Crippen LogP contribution in [0.1, 0.15) is 58.3 Å². The summed E-state index contributed by atoms with van der Waals surface area (Å²) in [6.07, 6.45) is 6.40. The summed E-state index contributed by atoms with van der Waals surface area (Å²) in [6.45, 7) is 3.47. The van der Waals surface area contributed by atoms with Crippen LogP contribution in [0.15, 0.2) is 0 Å². The summed E-state index contributed by atoms with van der Waals surface area (Å²) in [5.74, 6) is -0.672. The maximum absolute atomic E-state index is 12.8. The third kappa shape index (κ3) is 3.80. The van der Waals surface area contributed by atoms with E-state index in [0.717, 1.165) is 38.6 Å². The van der Waals surface area contributed by atoms with E-state index in [4.69, 9.17) is 0 Å². The van der Waals surface area contributed by atoms with E-state index in [9.17, 15) is 18.0 Å². The number of hydrogen-bond acceptors (Lipinski definition) is 5. The third-order valence-electron chi connectivity index (χ3n) is 7.00. The lowest BCUT2D eigenvalue weighted by atomic mass is 9.80. The van der Waals surface area contributed by atoms with Crippen molar-refractivity contribution in [3.05, 3.63) is 0 Å². The first-order valence-corrected chi connectivity index (χ1v) is 12.1. The van der Waals surface area contributed by atoms with E-state index >= 15 is 0 Å². The minimum atomic E-state index is -3.46. The maximum atomic E-state index is 12.8. The summed E-state index contributed by atoms with van der Waals surface area (Å²) >= 11 is 0. The molecule has 0 aromatic heterocycles. The summed E-state index contributed by atoms with van der Waals surface area (Å²) in [7, 11) is -1.95. The van der Waals surface area contributed by atoms with Gasteiger partial charge in [0.15, 0.2) is 0 Å². The van der Waals surface area contributed by atoms with Gasteiger partial charge in [-0.1, -0.05) is 6.42 Å². The second kappa shape index (κ2) is 7.25. The summed E-state index contributed by atoms with van der Waals surface area (Å²) < 4.78 is 28.5. The largest absolute Gasteiger partial charge is 0.326 e. The molecule has 0 radical (unpaired) electrons. The molecule has 2 saturated carbocycles. The Morgan fingerprint density at radius 2 is 1.93 bits per heavy atom. The lowest BCUT2D eigenvalue weighted by Gasteiger charge is -2.48. The molecule has 158 valence electrons. The van der Waals surface area contributed by atoms with Gasteiger partial charge in [0.25, 0.3) is 0 Å². The van der Waals surface area contributed by atoms with Crippen LogP contribution in [0, 0.1) is 5.92 Å². The summed E-state index contributed by atoms with van der Waals surface area (Å²) in [5.41, 5.74) is -0.308. The van der Waals surface area contributed by atoms with Crippen molar-refractivity contribution in [3.8, 4) is 0 Å². The molecule has 4 unspecified atom stereocenters. The number of rotatable bonds is 5. The fraction of sp³-hybridized carbons (Fsp3) is 0.895. The molecule has 0 spiro atoms. The number of hydrogen-bond donors (Lipinski definition) is 2. The fourth-order valence-corrected chi connectivity index (χ4v) is 6.93. The molecule has 0 aromatic carbocycles. The van der Waals surface area contributed by atoms with Crippen LogP contribution in [-0.2, 0) is 14.8 Å². The second-order valence-corrected chi connectivity index (χ2v) is 11.3. The number of imide groups is 1. The molecule has 0 bridgehead atoms.